The lowest BCUT2D eigenvalue weighted by Crippen LogP contribution is -1.81. The van der Waals surface area contributed by atoms with E-state index >= 15 is 0 Å². The Morgan fingerprint density at radius 3 is 1.72 bits per heavy atom. The van der Waals surface area contributed by atoms with Crippen LogP contribution in [0.4, 0.5) is 0 Å². The Morgan fingerprint density at radius 2 is 1.33 bits per heavy atom. The Hall–Kier alpha value is -1.52. The van der Waals surface area contributed by atoms with Crippen LogP contribution in [0.1, 0.15) is 11.4 Å². The van der Waals surface area contributed by atoms with Gasteiger partial charge < -0.3 is 0 Å². The van der Waals surface area contributed by atoms with E-state index in [-0.39, 0.29) is 0 Å². The molecule has 18 heavy (non-hydrogen) atoms. The van der Waals surface area contributed by atoms with E-state index in [1.54, 1.807) is 22.7 Å². The maximum absolute atomic E-state index is 4.52. The lowest BCUT2D eigenvalue weighted by Gasteiger charge is -2.00. The lowest BCUT2D eigenvalue weighted by atomic mass is 10.1. The van der Waals surface area contributed by atoms with Gasteiger partial charge in [0.2, 0.25) is 0 Å². The molecule has 0 spiro atoms. The number of nitrogens with zero attached hydrogens (tertiary/aromatic N) is 2. The number of benzene rings is 1. The topological polar surface area (TPSA) is 25.8 Å². The number of hydrogen-bond donors (Lipinski definition) is 0. The van der Waals surface area contributed by atoms with Gasteiger partial charge in [0.25, 0.3) is 0 Å². The molecule has 2 nitrogen and oxygen atoms in total. The highest BCUT2D eigenvalue weighted by molar-refractivity contribution is 7.13. The summed E-state index contributed by atoms with van der Waals surface area (Å²) >= 11 is 3.37. The molecule has 0 bridgehead atoms. The van der Waals surface area contributed by atoms with Crippen LogP contribution in [0.5, 0.6) is 0 Å². The second kappa shape index (κ2) is 4.63. The van der Waals surface area contributed by atoms with Crippen LogP contribution < -0.4 is 0 Å². The third-order valence-corrected chi connectivity index (χ3v) is 4.61. The van der Waals surface area contributed by atoms with Crippen LogP contribution in [0.25, 0.3) is 21.1 Å². The molecule has 0 N–H and O–H groups in total. The molecule has 1 aromatic carbocycles. The lowest BCUT2D eigenvalue weighted by molar-refractivity contribution is 1.26. The molecular formula is C14H12N2S2. The van der Waals surface area contributed by atoms with Crippen molar-refractivity contribution in [2.75, 3.05) is 0 Å². The first-order valence-electron chi connectivity index (χ1n) is 5.67. The zero-order chi connectivity index (χ0) is 12.5. The molecule has 0 saturated heterocycles. The van der Waals surface area contributed by atoms with Gasteiger partial charge in [0.15, 0.2) is 0 Å². The van der Waals surface area contributed by atoms with Crippen LogP contribution in [0.2, 0.25) is 0 Å². The van der Waals surface area contributed by atoms with Crippen molar-refractivity contribution < 1.29 is 0 Å². The van der Waals surface area contributed by atoms with Crippen molar-refractivity contribution in [2.45, 2.75) is 13.8 Å². The van der Waals surface area contributed by atoms with Crippen LogP contribution >= 0.6 is 22.7 Å². The van der Waals surface area contributed by atoms with Gasteiger partial charge in [-0.3, -0.25) is 0 Å². The highest BCUT2D eigenvalue weighted by Crippen LogP contribution is 2.29. The number of aromatic nitrogens is 2. The fraction of sp³-hybridized carbons (Fsp3) is 0.143. The van der Waals surface area contributed by atoms with E-state index in [9.17, 15) is 0 Å². The summed E-state index contributed by atoms with van der Waals surface area (Å²) in [7, 11) is 0. The molecule has 0 aliphatic carbocycles. The maximum Gasteiger partial charge on any atom is 0.123 e. The van der Waals surface area contributed by atoms with E-state index < -0.39 is 0 Å². The normalized spacial score (nSPS) is 10.8. The van der Waals surface area contributed by atoms with Crippen LogP contribution in [0.15, 0.2) is 35.0 Å². The van der Waals surface area contributed by atoms with Crippen molar-refractivity contribution in [2.24, 2.45) is 0 Å². The van der Waals surface area contributed by atoms with Crippen LogP contribution in [0, 0.1) is 13.8 Å². The van der Waals surface area contributed by atoms with Gasteiger partial charge in [0.05, 0.1) is 0 Å². The summed E-state index contributed by atoms with van der Waals surface area (Å²) in [5, 5.41) is 6.30. The van der Waals surface area contributed by atoms with E-state index in [0.717, 1.165) is 21.4 Å². The van der Waals surface area contributed by atoms with Crippen LogP contribution in [-0.2, 0) is 0 Å². The van der Waals surface area contributed by atoms with Gasteiger partial charge in [0, 0.05) is 33.3 Å². The van der Waals surface area contributed by atoms with Crippen LogP contribution in [-0.4, -0.2) is 9.97 Å². The monoisotopic (exact) mass is 272 g/mol. The Labute approximate surface area is 114 Å². The summed E-state index contributed by atoms with van der Waals surface area (Å²) in [6.45, 7) is 4.04. The summed E-state index contributed by atoms with van der Waals surface area (Å²) in [6, 6.07) is 8.43. The minimum absolute atomic E-state index is 1.07. The summed E-state index contributed by atoms with van der Waals surface area (Å²) in [4.78, 5) is 9.04. The number of thiazole rings is 2. The molecule has 3 rings (SSSR count). The third-order valence-electron chi connectivity index (χ3n) is 2.59. The molecule has 0 atom stereocenters. The Morgan fingerprint density at radius 1 is 0.833 bits per heavy atom. The van der Waals surface area contributed by atoms with Crippen LogP contribution in [0.3, 0.4) is 0 Å². The first kappa shape index (κ1) is 11.6. The van der Waals surface area contributed by atoms with Gasteiger partial charge in [-0.1, -0.05) is 18.2 Å². The molecule has 4 heteroatoms. The van der Waals surface area contributed by atoms with E-state index in [1.807, 2.05) is 13.8 Å². The van der Waals surface area contributed by atoms with Crippen molar-refractivity contribution in [3.63, 3.8) is 0 Å². The second-order valence-electron chi connectivity index (χ2n) is 4.17. The number of hydrogen-bond acceptors (Lipinski definition) is 4. The van der Waals surface area contributed by atoms with Crippen molar-refractivity contribution >= 4 is 22.7 Å². The standard InChI is InChI=1S/C14H12N2S2/c1-9-7-17-13(15-9)11-4-3-5-12(6-11)14-16-10(2)8-18-14/h3-8H,1-2H3. The van der Waals surface area contributed by atoms with Gasteiger partial charge in [-0.15, -0.1) is 22.7 Å². The summed E-state index contributed by atoms with van der Waals surface area (Å²) < 4.78 is 0. The molecular weight excluding hydrogens is 260 g/mol. The highest BCUT2D eigenvalue weighted by atomic mass is 32.1. The zero-order valence-corrected chi connectivity index (χ0v) is 11.8. The van der Waals surface area contributed by atoms with Gasteiger partial charge in [-0.05, 0) is 19.9 Å². The quantitative estimate of drug-likeness (QED) is 0.684. The first-order chi connectivity index (χ1) is 8.72. The van der Waals surface area contributed by atoms with E-state index in [2.05, 4.69) is 45.0 Å². The minimum atomic E-state index is 1.07. The van der Waals surface area contributed by atoms with Crippen molar-refractivity contribution in [3.8, 4) is 21.1 Å². The predicted molar refractivity (Wildman–Crippen MR) is 78.1 cm³/mol. The van der Waals surface area contributed by atoms with Crippen molar-refractivity contribution in [3.05, 3.63) is 46.4 Å². The molecule has 0 saturated carbocycles. The predicted octanol–water partition coefficient (Wildman–Crippen LogP) is 4.55. The number of aryl methyl sites for hydroxylation is 2. The summed E-state index contributed by atoms with van der Waals surface area (Å²) in [6.07, 6.45) is 0. The van der Waals surface area contributed by atoms with E-state index in [0.29, 0.717) is 0 Å². The molecule has 0 aliphatic heterocycles. The van der Waals surface area contributed by atoms with Gasteiger partial charge in [0.1, 0.15) is 10.0 Å². The molecule has 0 aliphatic rings. The Kier molecular flexibility index (Phi) is 2.97. The number of rotatable bonds is 2. The average Bonchev–Trinajstić information content (AvgIpc) is 2.98. The summed E-state index contributed by atoms with van der Waals surface area (Å²) in [5.74, 6) is 0. The third kappa shape index (κ3) is 2.21. The van der Waals surface area contributed by atoms with Gasteiger partial charge >= 0.3 is 0 Å². The molecule has 90 valence electrons. The highest BCUT2D eigenvalue weighted by Gasteiger charge is 2.06. The van der Waals surface area contributed by atoms with E-state index in [4.69, 9.17) is 0 Å². The molecule has 2 aromatic heterocycles. The molecule has 0 unspecified atom stereocenters. The average molecular weight is 272 g/mol. The largest absolute Gasteiger partial charge is 0.241 e. The fourth-order valence-corrected chi connectivity index (χ4v) is 3.35. The van der Waals surface area contributed by atoms with E-state index in [1.165, 1.54) is 11.1 Å². The molecule has 2 heterocycles. The second-order valence-corrected chi connectivity index (χ2v) is 5.89. The molecule has 0 radical (unpaired) electrons. The van der Waals surface area contributed by atoms with Crippen molar-refractivity contribution in [1.29, 1.82) is 0 Å². The maximum atomic E-state index is 4.52. The van der Waals surface area contributed by atoms with Crippen molar-refractivity contribution in [1.82, 2.24) is 9.97 Å². The van der Waals surface area contributed by atoms with Gasteiger partial charge in [-0.2, -0.15) is 0 Å². The Bertz CT molecular complexity index is 627. The summed E-state index contributed by atoms with van der Waals surface area (Å²) in [5.41, 5.74) is 4.48. The fourth-order valence-electron chi connectivity index (χ4n) is 1.76. The SMILES string of the molecule is Cc1csc(-c2cccc(-c3nc(C)cs3)c2)n1. The molecule has 3 aromatic rings. The Balaban J connectivity index is 2.04. The molecule has 0 fully saturated rings. The first-order valence-corrected chi connectivity index (χ1v) is 7.43. The molecule has 0 amide bonds. The minimum Gasteiger partial charge on any atom is -0.241 e. The smallest absolute Gasteiger partial charge is 0.123 e. The zero-order valence-electron chi connectivity index (χ0n) is 10.2. The van der Waals surface area contributed by atoms with Gasteiger partial charge in [-0.25, -0.2) is 9.97 Å².